The molecule has 1 saturated heterocycles. The van der Waals surface area contributed by atoms with Gasteiger partial charge in [-0.15, -0.1) is 0 Å². The van der Waals surface area contributed by atoms with Crippen molar-refractivity contribution in [3.8, 4) is 6.07 Å². The van der Waals surface area contributed by atoms with E-state index in [4.69, 9.17) is 22.6 Å². The van der Waals surface area contributed by atoms with E-state index >= 15 is 0 Å². The first-order chi connectivity index (χ1) is 8.11. The Balaban J connectivity index is 2.21. The summed E-state index contributed by atoms with van der Waals surface area (Å²) < 4.78 is 0. The highest BCUT2D eigenvalue weighted by Crippen LogP contribution is 2.29. The predicted molar refractivity (Wildman–Crippen MR) is 70.1 cm³/mol. The summed E-state index contributed by atoms with van der Waals surface area (Å²) in [6, 6.07) is 7.69. The van der Waals surface area contributed by atoms with Gasteiger partial charge in [-0.2, -0.15) is 5.26 Å². The predicted octanol–water partition coefficient (Wildman–Crippen LogP) is 2.39. The molecule has 0 amide bonds. The van der Waals surface area contributed by atoms with Crippen molar-refractivity contribution in [3.63, 3.8) is 0 Å². The smallest absolute Gasteiger partial charge is 0.0992 e. The van der Waals surface area contributed by atoms with Gasteiger partial charge in [0, 0.05) is 19.1 Å². The second kappa shape index (κ2) is 4.95. The molecule has 2 rings (SSSR count). The molecule has 0 aromatic heterocycles. The lowest BCUT2D eigenvalue weighted by Gasteiger charge is -2.37. The van der Waals surface area contributed by atoms with Crippen LogP contribution in [0.25, 0.3) is 0 Å². The summed E-state index contributed by atoms with van der Waals surface area (Å²) >= 11 is 6.19. The van der Waals surface area contributed by atoms with Crippen molar-refractivity contribution in [1.29, 1.82) is 5.26 Å². The fourth-order valence-electron chi connectivity index (χ4n) is 2.15. The molecule has 1 fully saturated rings. The van der Waals surface area contributed by atoms with Gasteiger partial charge in [0.2, 0.25) is 0 Å². The Morgan fingerprint density at radius 2 is 2.29 bits per heavy atom. The lowest BCUT2D eigenvalue weighted by atomic mass is 9.94. The molecule has 1 aliphatic heterocycles. The summed E-state index contributed by atoms with van der Waals surface area (Å²) in [7, 11) is 0. The van der Waals surface area contributed by atoms with Crippen LogP contribution in [0.5, 0.6) is 0 Å². The Bertz CT molecular complexity index is 452. The molecule has 1 aliphatic rings. The van der Waals surface area contributed by atoms with Gasteiger partial charge >= 0.3 is 0 Å². The molecular formula is C13H16ClN3. The van der Waals surface area contributed by atoms with Crippen molar-refractivity contribution >= 4 is 17.3 Å². The van der Waals surface area contributed by atoms with Crippen LogP contribution in [0.1, 0.15) is 18.9 Å². The third-order valence-corrected chi connectivity index (χ3v) is 3.74. The first kappa shape index (κ1) is 12.2. The molecule has 3 nitrogen and oxygen atoms in total. The van der Waals surface area contributed by atoms with E-state index in [1.807, 2.05) is 6.07 Å². The minimum Gasteiger partial charge on any atom is -0.369 e. The standard InChI is InChI=1S/C13H16ClN3/c1-9-4-5-17(8-12(9)16)13-3-2-10(7-15)6-11(13)14/h2-3,6,9,12H,4-5,8,16H2,1H3. The zero-order chi connectivity index (χ0) is 12.4. The largest absolute Gasteiger partial charge is 0.369 e. The topological polar surface area (TPSA) is 53.0 Å². The Kier molecular flexibility index (Phi) is 3.56. The van der Waals surface area contributed by atoms with Crippen molar-refractivity contribution < 1.29 is 0 Å². The van der Waals surface area contributed by atoms with Gasteiger partial charge in [0.15, 0.2) is 0 Å². The number of benzene rings is 1. The van der Waals surface area contributed by atoms with Crippen LogP contribution in [0.2, 0.25) is 5.02 Å². The fraction of sp³-hybridized carbons (Fsp3) is 0.462. The third-order valence-electron chi connectivity index (χ3n) is 3.43. The van der Waals surface area contributed by atoms with E-state index in [1.165, 1.54) is 0 Å². The molecule has 0 spiro atoms. The van der Waals surface area contributed by atoms with Gasteiger partial charge in [-0.05, 0) is 30.5 Å². The van der Waals surface area contributed by atoms with E-state index in [2.05, 4.69) is 17.9 Å². The first-order valence-electron chi connectivity index (χ1n) is 5.82. The number of nitriles is 1. The average Bonchev–Trinajstić information content (AvgIpc) is 2.32. The van der Waals surface area contributed by atoms with Crippen LogP contribution in [0.4, 0.5) is 5.69 Å². The maximum atomic E-state index is 8.80. The molecule has 0 aliphatic carbocycles. The van der Waals surface area contributed by atoms with E-state index in [-0.39, 0.29) is 6.04 Å². The number of hydrogen-bond donors (Lipinski definition) is 1. The van der Waals surface area contributed by atoms with Crippen molar-refractivity contribution in [3.05, 3.63) is 28.8 Å². The first-order valence-corrected chi connectivity index (χ1v) is 6.20. The van der Waals surface area contributed by atoms with E-state index in [0.29, 0.717) is 16.5 Å². The van der Waals surface area contributed by atoms with Crippen molar-refractivity contribution in [2.45, 2.75) is 19.4 Å². The molecule has 2 N–H and O–H groups in total. The second-order valence-corrected chi connectivity index (χ2v) is 5.06. The highest BCUT2D eigenvalue weighted by Gasteiger charge is 2.24. The van der Waals surface area contributed by atoms with E-state index in [1.54, 1.807) is 12.1 Å². The molecule has 90 valence electrons. The Morgan fingerprint density at radius 1 is 1.53 bits per heavy atom. The Morgan fingerprint density at radius 3 is 2.88 bits per heavy atom. The van der Waals surface area contributed by atoms with Gasteiger partial charge < -0.3 is 10.6 Å². The summed E-state index contributed by atoms with van der Waals surface area (Å²) in [5, 5.41) is 9.43. The minimum absolute atomic E-state index is 0.190. The maximum absolute atomic E-state index is 8.80. The third kappa shape index (κ3) is 2.54. The van der Waals surface area contributed by atoms with Crippen LogP contribution in [0.15, 0.2) is 18.2 Å². The molecule has 1 heterocycles. The van der Waals surface area contributed by atoms with Crippen LogP contribution >= 0.6 is 11.6 Å². The van der Waals surface area contributed by atoms with Gasteiger partial charge in [-0.1, -0.05) is 18.5 Å². The monoisotopic (exact) mass is 249 g/mol. The van der Waals surface area contributed by atoms with Crippen LogP contribution in [0.3, 0.4) is 0 Å². The van der Waals surface area contributed by atoms with Crippen LogP contribution in [-0.4, -0.2) is 19.1 Å². The van der Waals surface area contributed by atoms with Crippen LogP contribution < -0.4 is 10.6 Å². The van der Waals surface area contributed by atoms with Gasteiger partial charge in [0.05, 0.1) is 22.3 Å². The summed E-state index contributed by atoms with van der Waals surface area (Å²) in [5.41, 5.74) is 7.65. The summed E-state index contributed by atoms with van der Waals surface area (Å²) in [6.07, 6.45) is 1.08. The molecule has 1 aromatic rings. The lowest BCUT2D eigenvalue weighted by Crippen LogP contribution is -2.47. The zero-order valence-corrected chi connectivity index (χ0v) is 10.6. The molecular weight excluding hydrogens is 234 g/mol. The molecule has 0 saturated carbocycles. The fourth-order valence-corrected chi connectivity index (χ4v) is 2.45. The number of halogens is 1. The molecule has 2 atom stereocenters. The minimum atomic E-state index is 0.190. The lowest BCUT2D eigenvalue weighted by molar-refractivity contribution is 0.379. The normalized spacial score (nSPS) is 24.5. The van der Waals surface area contributed by atoms with E-state index < -0.39 is 0 Å². The molecule has 0 bridgehead atoms. The van der Waals surface area contributed by atoms with Gasteiger partial charge in [-0.3, -0.25) is 0 Å². The van der Waals surface area contributed by atoms with E-state index in [0.717, 1.165) is 25.2 Å². The molecule has 0 radical (unpaired) electrons. The Labute approximate surface area is 107 Å². The number of nitrogens with two attached hydrogens (primary N) is 1. The van der Waals surface area contributed by atoms with Crippen molar-refractivity contribution in [2.24, 2.45) is 11.7 Å². The van der Waals surface area contributed by atoms with Crippen molar-refractivity contribution in [1.82, 2.24) is 0 Å². The molecule has 4 heteroatoms. The summed E-state index contributed by atoms with van der Waals surface area (Å²) in [4.78, 5) is 2.20. The highest BCUT2D eigenvalue weighted by atomic mass is 35.5. The molecule has 2 unspecified atom stereocenters. The number of piperidine rings is 1. The molecule has 1 aromatic carbocycles. The van der Waals surface area contributed by atoms with Gasteiger partial charge in [0.25, 0.3) is 0 Å². The number of anilines is 1. The van der Waals surface area contributed by atoms with Gasteiger partial charge in [-0.25, -0.2) is 0 Å². The van der Waals surface area contributed by atoms with Crippen molar-refractivity contribution in [2.75, 3.05) is 18.0 Å². The summed E-state index contributed by atoms with van der Waals surface area (Å²) in [6.45, 7) is 3.98. The van der Waals surface area contributed by atoms with Crippen LogP contribution in [-0.2, 0) is 0 Å². The number of nitrogens with zero attached hydrogens (tertiary/aromatic N) is 2. The van der Waals surface area contributed by atoms with Gasteiger partial charge in [0.1, 0.15) is 0 Å². The molecule has 17 heavy (non-hydrogen) atoms. The highest BCUT2D eigenvalue weighted by molar-refractivity contribution is 6.33. The second-order valence-electron chi connectivity index (χ2n) is 4.65. The maximum Gasteiger partial charge on any atom is 0.0992 e. The SMILES string of the molecule is CC1CCN(c2ccc(C#N)cc2Cl)CC1N. The number of rotatable bonds is 1. The quantitative estimate of drug-likeness (QED) is 0.832. The average molecular weight is 250 g/mol. The van der Waals surface area contributed by atoms with E-state index in [9.17, 15) is 0 Å². The summed E-state index contributed by atoms with van der Waals surface area (Å²) in [5.74, 6) is 0.559. The Hall–Kier alpha value is -1.24. The zero-order valence-electron chi connectivity index (χ0n) is 9.86. The number of hydrogen-bond acceptors (Lipinski definition) is 3. The van der Waals surface area contributed by atoms with Crippen LogP contribution in [0, 0.1) is 17.2 Å².